The molecule has 0 aromatic carbocycles. The van der Waals surface area contributed by atoms with Crippen molar-refractivity contribution in [1.82, 2.24) is 0 Å². The summed E-state index contributed by atoms with van der Waals surface area (Å²) in [6.07, 6.45) is 5.90. The molecule has 0 fully saturated rings. The first kappa shape index (κ1) is 7.79. The van der Waals surface area contributed by atoms with Crippen molar-refractivity contribution < 1.29 is 9.84 Å². The van der Waals surface area contributed by atoms with Crippen molar-refractivity contribution in [3.05, 3.63) is 24.3 Å². The summed E-state index contributed by atoms with van der Waals surface area (Å²) in [5.74, 6) is 0. The molecule has 0 bridgehead atoms. The van der Waals surface area contributed by atoms with Crippen molar-refractivity contribution in [1.29, 1.82) is 0 Å². The zero-order valence-corrected chi connectivity index (χ0v) is 6.38. The number of allylic oxidation sites excluding steroid dienone is 2. The molecule has 0 saturated heterocycles. The number of alkyl halides is 1. The minimum absolute atomic E-state index is 0.760. The van der Waals surface area contributed by atoms with Gasteiger partial charge in [-0.1, -0.05) is 29.8 Å². The Balaban J connectivity index is 2.77. The Morgan fingerprint density at radius 3 is 2.70 bits per heavy atom. The molecule has 1 rings (SSSR count). The summed E-state index contributed by atoms with van der Waals surface area (Å²) in [5.41, 5.74) is 0. The van der Waals surface area contributed by atoms with Crippen LogP contribution in [0.3, 0.4) is 0 Å². The Hall–Kier alpha value is -0.310. The molecule has 0 spiro atoms. The fourth-order valence-corrected chi connectivity index (χ4v) is 0.920. The van der Waals surface area contributed by atoms with Crippen molar-refractivity contribution in [3.63, 3.8) is 0 Å². The molecular weight excluding hydrogens is 152 g/mol. The molecule has 0 saturated carbocycles. The van der Waals surface area contributed by atoms with Crippen molar-refractivity contribution in [2.75, 3.05) is 7.11 Å². The predicted octanol–water partition coefficient (Wildman–Crippen LogP) is 1.05. The second-order valence-electron chi connectivity index (χ2n) is 2.09. The number of methoxy groups -OCH3 is 1. The number of hydrogen-bond acceptors (Lipinski definition) is 2. The van der Waals surface area contributed by atoms with Crippen LogP contribution in [0.1, 0.15) is 0 Å². The van der Waals surface area contributed by atoms with Crippen molar-refractivity contribution in [2.24, 2.45) is 0 Å². The zero-order valence-electron chi connectivity index (χ0n) is 5.62. The Bertz CT molecular complexity index is 176. The number of aliphatic hydroxyl groups is 1. The second-order valence-corrected chi connectivity index (χ2v) is 2.68. The van der Waals surface area contributed by atoms with Gasteiger partial charge in [0.1, 0.15) is 6.10 Å². The summed E-state index contributed by atoms with van der Waals surface area (Å²) >= 11 is 5.80. The SMILES string of the molecule is COC1(Cl)C=CC=CC1O. The van der Waals surface area contributed by atoms with Gasteiger partial charge in [0, 0.05) is 7.11 Å². The average Bonchev–Trinajstić information content (AvgIpc) is 1.96. The average molecular weight is 161 g/mol. The zero-order chi connectivity index (χ0) is 7.61. The molecule has 2 unspecified atom stereocenters. The minimum atomic E-state index is -1.06. The Morgan fingerprint density at radius 2 is 2.30 bits per heavy atom. The van der Waals surface area contributed by atoms with E-state index >= 15 is 0 Å². The fourth-order valence-electron chi connectivity index (χ4n) is 0.775. The highest BCUT2D eigenvalue weighted by atomic mass is 35.5. The standard InChI is InChI=1S/C7H9ClO2/c1-10-7(8)5-3-2-4-6(7)9/h2-6,9H,1H3. The van der Waals surface area contributed by atoms with Gasteiger partial charge < -0.3 is 9.84 Å². The van der Waals surface area contributed by atoms with Crippen LogP contribution in [0, 0.1) is 0 Å². The van der Waals surface area contributed by atoms with Crippen LogP contribution in [0.15, 0.2) is 24.3 Å². The molecule has 0 heterocycles. The van der Waals surface area contributed by atoms with E-state index in [2.05, 4.69) is 0 Å². The first-order valence-corrected chi connectivity index (χ1v) is 3.35. The van der Waals surface area contributed by atoms with Gasteiger partial charge in [0.05, 0.1) is 0 Å². The quantitative estimate of drug-likeness (QED) is 0.582. The molecule has 1 aliphatic rings. The molecule has 10 heavy (non-hydrogen) atoms. The Labute approximate surface area is 64.8 Å². The summed E-state index contributed by atoms with van der Waals surface area (Å²) < 4.78 is 4.87. The number of hydrogen-bond donors (Lipinski definition) is 1. The van der Waals surface area contributed by atoms with Crippen LogP contribution in [0.5, 0.6) is 0 Å². The van der Waals surface area contributed by atoms with Crippen LogP contribution in [0.2, 0.25) is 0 Å². The summed E-state index contributed by atoms with van der Waals surface area (Å²) in [7, 11) is 1.46. The van der Waals surface area contributed by atoms with Crippen LogP contribution >= 0.6 is 11.6 Å². The van der Waals surface area contributed by atoms with E-state index in [-0.39, 0.29) is 0 Å². The lowest BCUT2D eigenvalue weighted by molar-refractivity contribution is 0.0105. The number of ether oxygens (including phenoxy) is 1. The number of aliphatic hydroxyl groups excluding tert-OH is 1. The normalized spacial score (nSPS) is 38.5. The van der Waals surface area contributed by atoms with E-state index in [1.54, 1.807) is 24.3 Å². The van der Waals surface area contributed by atoms with E-state index in [0.29, 0.717) is 0 Å². The van der Waals surface area contributed by atoms with Crippen molar-refractivity contribution in [2.45, 2.75) is 11.2 Å². The molecule has 1 N–H and O–H groups in total. The molecular formula is C7H9ClO2. The Morgan fingerprint density at radius 1 is 1.60 bits per heavy atom. The smallest absolute Gasteiger partial charge is 0.189 e. The minimum Gasteiger partial charge on any atom is -0.384 e. The van der Waals surface area contributed by atoms with E-state index < -0.39 is 11.2 Å². The van der Waals surface area contributed by atoms with E-state index in [4.69, 9.17) is 16.3 Å². The van der Waals surface area contributed by atoms with Crippen molar-refractivity contribution in [3.8, 4) is 0 Å². The van der Waals surface area contributed by atoms with Gasteiger partial charge in [-0.15, -0.1) is 0 Å². The summed E-state index contributed by atoms with van der Waals surface area (Å²) in [6, 6.07) is 0. The van der Waals surface area contributed by atoms with Crippen LogP contribution < -0.4 is 0 Å². The van der Waals surface area contributed by atoms with Gasteiger partial charge in [-0.3, -0.25) is 0 Å². The third kappa shape index (κ3) is 1.24. The molecule has 2 nitrogen and oxygen atoms in total. The first-order chi connectivity index (χ1) is 4.69. The van der Waals surface area contributed by atoms with E-state index in [1.807, 2.05) is 0 Å². The summed E-state index contributed by atoms with van der Waals surface area (Å²) in [6.45, 7) is 0. The molecule has 0 aromatic rings. The fraction of sp³-hybridized carbons (Fsp3) is 0.429. The number of halogens is 1. The number of rotatable bonds is 1. The molecule has 0 amide bonds. The molecule has 1 aliphatic carbocycles. The van der Waals surface area contributed by atoms with Crippen LogP contribution in [0.4, 0.5) is 0 Å². The molecule has 56 valence electrons. The third-order valence-corrected chi connectivity index (χ3v) is 1.95. The molecule has 2 atom stereocenters. The van der Waals surface area contributed by atoms with Crippen LogP contribution in [-0.2, 0) is 4.74 Å². The largest absolute Gasteiger partial charge is 0.384 e. The maximum Gasteiger partial charge on any atom is 0.189 e. The Kier molecular flexibility index (Phi) is 2.14. The third-order valence-electron chi connectivity index (χ3n) is 1.44. The first-order valence-electron chi connectivity index (χ1n) is 2.97. The van der Waals surface area contributed by atoms with Crippen LogP contribution in [-0.4, -0.2) is 23.4 Å². The molecule has 0 radical (unpaired) electrons. The second kappa shape index (κ2) is 2.74. The van der Waals surface area contributed by atoms with Gasteiger partial charge in [0.15, 0.2) is 5.06 Å². The van der Waals surface area contributed by atoms with E-state index in [0.717, 1.165) is 0 Å². The lowest BCUT2D eigenvalue weighted by Crippen LogP contribution is -2.36. The highest BCUT2D eigenvalue weighted by Crippen LogP contribution is 2.26. The van der Waals surface area contributed by atoms with Crippen LogP contribution in [0.25, 0.3) is 0 Å². The van der Waals surface area contributed by atoms with Gasteiger partial charge in [-0.05, 0) is 6.08 Å². The van der Waals surface area contributed by atoms with Crippen molar-refractivity contribution >= 4 is 11.6 Å². The maximum absolute atomic E-state index is 9.23. The van der Waals surface area contributed by atoms with Gasteiger partial charge in [0.25, 0.3) is 0 Å². The van der Waals surface area contributed by atoms with Gasteiger partial charge in [-0.25, -0.2) is 0 Å². The monoisotopic (exact) mass is 160 g/mol. The predicted molar refractivity (Wildman–Crippen MR) is 39.9 cm³/mol. The highest BCUT2D eigenvalue weighted by molar-refractivity contribution is 6.24. The molecule has 0 aliphatic heterocycles. The maximum atomic E-state index is 9.23. The van der Waals surface area contributed by atoms with E-state index in [1.165, 1.54) is 7.11 Å². The van der Waals surface area contributed by atoms with Gasteiger partial charge >= 0.3 is 0 Å². The van der Waals surface area contributed by atoms with E-state index in [9.17, 15) is 5.11 Å². The van der Waals surface area contributed by atoms with Gasteiger partial charge in [0.2, 0.25) is 0 Å². The molecule has 3 heteroatoms. The summed E-state index contributed by atoms with van der Waals surface area (Å²) in [5, 5.41) is 8.17. The lowest BCUT2D eigenvalue weighted by atomic mass is 10.1. The highest BCUT2D eigenvalue weighted by Gasteiger charge is 2.32. The summed E-state index contributed by atoms with van der Waals surface area (Å²) in [4.78, 5) is 0. The lowest BCUT2D eigenvalue weighted by Gasteiger charge is -2.26. The molecule has 0 aromatic heterocycles. The topological polar surface area (TPSA) is 29.5 Å². The van der Waals surface area contributed by atoms with Gasteiger partial charge in [-0.2, -0.15) is 0 Å².